The third kappa shape index (κ3) is 1.70. The Balaban J connectivity index is 2.17. The summed E-state index contributed by atoms with van der Waals surface area (Å²) in [6.45, 7) is 0. The fourth-order valence-corrected chi connectivity index (χ4v) is 3.23. The van der Waals surface area contributed by atoms with Gasteiger partial charge in [-0.2, -0.15) is 0 Å². The maximum Gasteiger partial charge on any atom is 0.0738 e. The first kappa shape index (κ1) is 12.1. The van der Waals surface area contributed by atoms with Crippen LogP contribution in [0.1, 0.15) is 0 Å². The Bertz CT molecular complexity index is 959. The van der Waals surface area contributed by atoms with Crippen LogP contribution in [0, 0.1) is 0 Å². The quantitative estimate of drug-likeness (QED) is 0.487. The molecule has 20 heavy (non-hydrogen) atoms. The summed E-state index contributed by atoms with van der Waals surface area (Å²) in [4.78, 5) is 9.30. The van der Waals surface area contributed by atoms with Crippen LogP contribution in [0.2, 0.25) is 5.02 Å². The number of benzene rings is 2. The van der Waals surface area contributed by atoms with Gasteiger partial charge in [0.2, 0.25) is 0 Å². The van der Waals surface area contributed by atoms with Gasteiger partial charge in [0.05, 0.1) is 11.0 Å². The van der Waals surface area contributed by atoms with Crippen LogP contribution in [-0.2, 0) is 0 Å². The first-order valence-electron chi connectivity index (χ1n) is 6.30. The van der Waals surface area contributed by atoms with Gasteiger partial charge in [-0.3, -0.25) is 4.98 Å². The number of nitrogens with one attached hydrogen (secondary N) is 1. The van der Waals surface area contributed by atoms with Gasteiger partial charge in [-0.15, -0.1) is 11.8 Å². The average molecular weight is 299 g/mol. The van der Waals surface area contributed by atoms with E-state index < -0.39 is 0 Å². The van der Waals surface area contributed by atoms with Crippen molar-refractivity contribution in [1.29, 1.82) is 0 Å². The van der Waals surface area contributed by atoms with E-state index in [0.717, 1.165) is 27.3 Å². The molecule has 4 heteroatoms. The van der Waals surface area contributed by atoms with Crippen LogP contribution >= 0.6 is 23.4 Å². The molecule has 4 rings (SSSR count). The van der Waals surface area contributed by atoms with Gasteiger partial charge >= 0.3 is 0 Å². The van der Waals surface area contributed by atoms with E-state index in [9.17, 15) is 0 Å². The van der Waals surface area contributed by atoms with Gasteiger partial charge in [-0.05, 0) is 42.7 Å². The highest BCUT2D eigenvalue weighted by Gasteiger charge is 2.09. The van der Waals surface area contributed by atoms with Crippen molar-refractivity contribution in [2.45, 2.75) is 4.90 Å². The van der Waals surface area contributed by atoms with Crippen molar-refractivity contribution >= 4 is 56.1 Å². The first-order chi connectivity index (χ1) is 9.76. The van der Waals surface area contributed by atoms with Crippen LogP contribution in [0.5, 0.6) is 0 Å². The van der Waals surface area contributed by atoms with Crippen molar-refractivity contribution < 1.29 is 0 Å². The Morgan fingerprint density at radius 1 is 1.05 bits per heavy atom. The van der Waals surface area contributed by atoms with E-state index in [1.165, 1.54) is 10.3 Å². The summed E-state index contributed by atoms with van der Waals surface area (Å²) in [7, 11) is 0. The summed E-state index contributed by atoms with van der Waals surface area (Å²) in [5.41, 5.74) is 3.18. The number of hydrogen-bond donors (Lipinski definition) is 1. The maximum atomic E-state index is 6.04. The zero-order chi connectivity index (χ0) is 13.7. The lowest BCUT2D eigenvalue weighted by Gasteiger charge is -1.99. The largest absolute Gasteiger partial charge is 0.354 e. The van der Waals surface area contributed by atoms with Crippen LogP contribution in [0.15, 0.2) is 47.5 Å². The number of H-pyrrole nitrogens is 1. The number of aromatic nitrogens is 2. The maximum absolute atomic E-state index is 6.04. The molecule has 0 fully saturated rings. The Hall–Kier alpha value is -1.71. The van der Waals surface area contributed by atoms with E-state index in [1.54, 1.807) is 11.8 Å². The Labute approximate surface area is 125 Å². The number of nitrogens with zero attached hydrogens (tertiary/aromatic N) is 1. The summed E-state index contributed by atoms with van der Waals surface area (Å²) < 4.78 is 0. The number of rotatable bonds is 1. The van der Waals surface area contributed by atoms with Gasteiger partial charge in [0.25, 0.3) is 0 Å². The number of pyridine rings is 1. The molecular formula is C16H11ClN2S. The molecule has 2 heterocycles. The van der Waals surface area contributed by atoms with Gasteiger partial charge in [0.1, 0.15) is 0 Å². The molecule has 0 amide bonds. The summed E-state index contributed by atoms with van der Waals surface area (Å²) in [6, 6.07) is 12.3. The summed E-state index contributed by atoms with van der Waals surface area (Å²) in [5.74, 6) is 0. The zero-order valence-electron chi connectivity index (χ0n) is 10.8. The minimum atomic E-state index is 0.713. The molecule has 2 nitrogen and oxygen atoms in total. The smallest absolute Gasteiger partial charge is 0.0738 e. The van der Waals surface area contributed by atoms with Crippen LogP contribution in [0.25, 0.3) is 32.7 Å². The van der Waals surface area contributed by atoms with Crippen LogP contribution in [0.4, 0.5) is 0 Å². The molecule has 0 aliphatic rings. The fraction of sp³-hybridized carbons (Fsp3) is 0.0625. The standard InChI is InChI=1S/C16H11ClN2S/c1-20-10-3-5-14-12(7-10)13-8-18-15-6-9(17)2-4-11(15)16(13)19-14/h2-8,19H,1H3. The predicted octanol–water partition coefficient (Wildman–Crippen LogP) is 5.24. The molecule has 0 bridgehead atoms. The topological polar surface area (TPSA) is 28.7 Å². The molecule has 2 aromatic carbocycles. The molecule has 4 aromatic rings. The van der Waals surface area contributed by atoms with E-state index in [0.29, 0.717) is 5.02 Å². The summed E-state index contributed by atoms with van der Waals surface area (Å²) >= 11 is 7.78. The highest BCUT2D eigenvalue weighted by atomic mass is 35.5. The van der Waals surface area contributed by atoms with E-state index in [4.69, 9.17) is 11.6 Å². The van der Waals surface area contributed by atoms with Crippen molar-refractivity contribution in [3.8, 4) is 0 Å². The van der Waals surface area contributed by atoms with Gasteiger partial charge in [-0.1, -0.05) is 11.6 Å². The monoisotopic (exact) mass is 298 g/mol. The lowest BCUT2D eigenvalue weighted by molar-refractivity contribution is 1.44. The number of halogens is 1. The molecule has 1 N–H and O–H groups in total. The second-order valence-electron chi connectivity index (χ2n) is 4.74. The van der Waals surface area contributed by atoms with Gasteiger partial charge in [0.15, 0.2) is 0 Å². The minimum absolute atomic E-state index is 0.713. The Kier molecular flexibility index (Phi) is 2.65. The van der Waals surface area contributed by atoms with Crippen molar-refractivity contribution in [3.63, 3.8) is 0 Å². The second kappa shape index (κ2) is 4.40. The molecule has 98 valence electrons. The number of thioether (sulfide) groups is 1. The predicted molar refractivity (Wildman–Crippen MR) is 87.9 cm³/mol. The van der Waals surface area contributed by atoms with Crippen LogP contribution in [0.3, 0.4) is 0 Å². The van der Waals surface area contributed by atoms with E-state index >= 15 is 0 Å². The average Bonchev–Trinajstić information content (AvgIpc) is 2.84. The van der Waals surface area contributed by atoms with Crippen molar-refractivity contribution in [2.75, 3.05) is 6.26 Å². The number of fused-ring (bicyclic) bond motifs is 5. The van der Waals surface area contributed by atoms with Gasteiger partial charge in [-0.25, -0.2) is 0 Å². The highest BCUT2D eigenvalue weighted by Crippen LogP contribution is 2.32. The summed E-state index contributed by atoms with van der Waals surface area (Å²) in [6.07, 6.45) is 4.02. The van der Waals surface area contributed by atoms with E-state index in [-0.39, 0.29) is 0 Å². The van der Waals surface area contributed by atoms with Crippen molar-refractivity contribution in [2.24, 2.45) is 0 Å². The molecule has 0 atom stereocenters. The molecule has 2 aromatic heterocycles. The number of hydrogen-bond acceptors (Lipinski definition) is 2. The van der Waals surface area contributed by atoms with E-state index in [2.05, 4.69) is 34.4 Å². The molecule has 0 spiro atoms. The molecule has 0 unspecified atom stereocenters. The molecule has 0 saturated carbocycles. The molecule has 0 aliphatic heterocycles. The minimum Gasteiger partial charge on any atom is -0.354 e. The normalized spacial score (nSPS) is 11.7. The molecule has 0 aliphatic carbocycles. The summed E-state index contributed by atoms with van der Waals surface area (Å²) in [5, 5.41) is 4.20. The second-order valence-corrected chi connectivity index (χ2v) is 6.06. The Morgan fingerprint density at radius 2 is 1.95 bits per heavy atom. The fourth-order valence-electron chi connectivity index (χ4n) is 2.62. The molecule has 0 radical (unpaired) electrons. The third-order valence-corrected chi connectivity index (χ3v) is 4.57. The highest BCUT2D eigenvalue weighted by molar-refractivity contribution is 7.98. The van der Waals surface area contributed by atoms with Crippen LogP contribution < -0.4 is 0 Å². The Morgan fingerprint density at radius 3 is 2.80 bits per heavy atom. The van der Waals surface area contributed by atoms with Crippen LogP contribution in [-0.4, -0.2) is 16.2 Å². The third-order valence-electron chi connectivity index (χ3n) is 3.61. The SMILES string of the molecule is CSc1ccc2[nH]c3c4ccc(Cl)cc4ncc3c2c1. The first-order valence-corrected chi connectivity index (χ1v) is 7.90. The van der Waals surface area contributed by atoms with Gasteiger partial charge < -0.3 is 4.98 Å². The lowest BCUT2D eigenvalue weighted by Crippen LogP contribution is -1.80. The van der Waals surface area contributed by atoms with E-state index in [1.807, 2.05) is 24.4 Å². The van der Waals surface area contributed by atoms with Crippen molar-refractivity contribution in [1.82, 2.24) is 9.97 Å². The van der Waals surface area contributed by atoms with Crippen molar-refractivity contribution in [3.05, 3.63) is 47.6 Å². The number of aromatic amines is 1. The molecular weight excluding hydrogens is 288 g/mol. The zero-order valence-corrected chi connectivity index (χ0v) is 12.3. The van der Waals surface area contributed by atoms with Gasteiger partial charge in [0, 0.05) is 37.8 Å². The molecule has 0 saturated heterocycles. The lowest BCUT2D eigenvalue weighted by atomic mass is 10.1.